The van der Waals surface area contributed by atoms with Crippen molar-refractivity contribution in [1.82, 2.24) is 30.4 Å². The van der Waals surface area contributed by atoms with Crippen molar-refractivity contribution in [2.24, 2.45) is 0 Å². The minimum Gasteiger partial charge on any atom is -0.444 e. The lowest BCUT2D eigenvalue weighted by Crippen LogP contribution is -2.50. The molecule has 10 nitrogen and oxygen atoms in total. The molecule has 164 valence electrons. The Hall–Kier alpha value is -3.45. The van der Waals surface area contributed by atoms with E-state index in [9.17, 15) is 10.1 Å². The van der Waals surface area contributed by atoms with Gasteiger partial charge in [-0.15, -0.1) is 10.2 Å². The number of anilines is 1. The number of carbonyl (C=O) groups is 1. The van der Waals surface area contributed by atoms with Gasteiger partial charge in [0.15, 0.2) is 0 Å². The number of piperazine rings is 1. The second kappa shape index (κ2) is 10.0. The van der Waals surface area contributed by atoms with Crippen LogP contribution in [0.4, 0.5) is 10.5 Å². The Morgan fingerprint density at radius 2 is 1.97 bits per heavy atom. The number of carbonyl (C=O) groups excluding carboxylic acids is 1. The highest BCUT2D eigenvalue weighted by molar-refractivity contribution is 5.74. The van der Waals surface area contributed by atoms with Gasteiger partial charge in [-0.3, -0.25) is 4.90 Å². The summed E-state index contributed by atoms with van der Waals surface area (Å²) in [7, 11) is 0. The van der Waals surface area contributed by atoms with Crippen LogP contribution < -0.4 is 5.32 Å². The van der Waals surface area contributed by atoms with Crippen LogP contribution in [0.1, 0.15) is 32.2 Å². The van der Waals surface area contributed by atoms with Crippen LogP contribution in [-0.2, 0) is 11.2 Å². The maximum atomic E-state index is 12.2. The molecule has 1 saturated heterocycles. The predicted molar refractivity (Wildman–Crippen MR) is 116 cm³/mol. The molecule has 1 amide bonds. The van der Waals surface area contributed by atoms with E-state index in [0.29, 0.717) is 18.7 Å². The molecule has 2 heterocycles. The van der Waals surface area contributed by atoms with E-state index in [1.807, 2.05) is 39.0 Å². The lowest BCUT2D eigenvalue weighted by atomic mass is 10.1. The lowest BCUT2D eigenvalue weighted by Gasteiger charge is -2.35. The number of H-pyrrole nitrogens is 1. The fourth-order valence-corrected chi connectivity index (χ4v) is 3.11. The van der Waals surface area contributed by atoms with Gasteiger partial charge in [-0.2, -0.15) is 10.5 Å². The number of hydrogen-bond acceptors (Lipinski definition) is 8. The van der Waals surface area contributed by atoms with Crippen molar-refractivity contribution in [1.29, 1.82) is 5.26 Å². The quantitative estimate of drug-likeness (QED) is 0.677. The summed E-state index contributed by atoms with van der Waals surface area (Å²) in [6.45, 7) is 9.65. The van der Waals surface area contributed by atoms with Gasteiger partial charge in [0.1, 0.15) is 17.2 Å². The highest BCUT2D eigenvalue weighted by atomic mass is 16.6. The molecule has 2 N–H and O–H groups in total. The topological polar surface area (TPSA) is 123 Å². The third kappa shape index (κ3) is 6.79. The van der Waals surface area contributed by atoms with Crippen LogP contribution in [0.5, 0.6) is 0 Å². The molecule has 10 heteroatoms. The van der Waals surface area contributed by atoms with Gasteiger partial charge in [0.05, 0.1) is 0 Å². The zero-order chi connectivity index (χ0) is 22.3. The van der Waals surface area contributed by atoms with E-state index in [1.54, 1.807) is 11.1 Å². The minimum absolute atomic E-state index is 0.233. The molecule has 0 bridgehead atoms. The normalized spacial score (nSPS) is 15.4. The highest BCUT2D eigenvalue weighted by Gasteiger charge is 2.25. The van der Waals surface area contributed by atoms with Gasteiger partial charge in [0, 0.05) is 44.6 Å². The molecule has 0 atom stereocenters. The van der Waals surface area contributed by atoms with Gasteiger partial charge < -0.3 is 15.0 Å². The van der Waals surface area contributed by atoms with Gasteiger partial charge in [-0.25, -0.2) is 4.79 Å². The number of nitrogens with zero attached hydrogens (tertiary/aromatic N) is 6. The van der Waals surface area contributed by atoms with Gasteiger partial charge >= 0.3 is 6.09 Å². The third-order valence-electron chi connectivity index (χ3n) is 4.78. The number of tetrazole rings is 1. The zero-order valence-electron chi connectivity index (χ0n) is 18.1. The first-order valence-corrected chi connectivity index (χ1v) is 10.2. The molecule has 0 radical (unpaired) electrons. The van der Waals surface area contributed by atoms with Crippen molar-refractivity contribution >= 4 is 17.4 Å². The summed E-state index contributed by atoms with van der Waals surface area (Å²) in [4.78, 5) is 16.3. The Morgan fingerprint density at radius 1 is 1.26 bits per heavy atom. The molecular formula is C21H28N8O2. The number of nitrogens with one attached hydrogen (secondary N) is 2. The number of amides is 1. The Labute approximate surface area is 181 Å². The molecule has 1 aliphatic rings. The van der Waals surface area contributed by atoms with Crippen molar-refractivity contribution in [3.05, 3.63) is 41.9 Å². The van der Waals surface area contributed by atoms with Crippen LogP contribution in [0.25, 0.3) is 5.57 Å². The van der Waals surface area contributed by atoms with E-state index >= 15 is 0 Å². The van der Waals surface area contributed by atoms with Gasteiger partial charge in [0.2, 0.25) is 5.82 Å². The van der Waals surface area contributed by atoms with Crippen LogP contribution in [0.15, 0.2) is 30.5 Å². The van der Waals surface area contributed by atoms with Crippen LogP contribution in [0.3, 0.4) is 0 Å². The zero-order valence-corrected chi connectivity index (χ0v) is 18.1. The standard InChI is InChI=1S/C21H28N8O2/c1-21(2,3)31-20(30)29-12-10-28(11-13-29)9-8-16-4-6-18(7-5-16)23-15-17(14-22)19-24-26-27-25-19/h4-7,15,23H,8-13H2,1-3H3,(H,24,25,26,27). The summed E-state index contributed by atoms with van der Waals surface area (Å²) in [5, 5.41) is 25.7. The number of benzene rings is 1. The molecule has 1 aromatic heterocycles. The van der Waals surface area contributed by atoms with Crippen LogP contribution in [-0.4, -0.2) is 74.8 Å². The Bertz CT molecular complexity index is 918. The second-order valence-corrected chi connectivity index (χ2v) is 8.31. The van der Waals surface area contributed by atoms with Gasteiger partial charge in [-0.05, 0) is 50.1 Å². The number of aromatic nitrogens is 4. The average molecular weight is 425 g/mol. The molecule has 0 aliphatic carbocycles. The molecule has 0 spiro atoms. The first kappa shape index (κ1) is 22.2. The summed E-state index contributed by atoms with van der Waals surface area (Å²) < 4.78 is 5.44. The molecule has 0 unspecified atom stereocenters. The lowest BCUT2D eigenvalue weighted by molar-refractivity contribution is 0.0146. The Balaban J connectivity index is 1.43. The van der Waals surface area contributed by atoms with Crippen molar-refractivity contribution < 1.29 is 9.53 Å². The smallest absolute Gasteiger partial charge is 0.410 e. The summed E-state index contributed by atoms with van der Waals surface area (Å²) in [5.41, 5.74) is 1.92. The van der Waals surface area contributed by atoms with Crippen molar-refractivity contribution in [2.75, 3.05) is 38.0 Å². The molecule has 31 heavy (non-hydrogen) atoms. The summed E-state index contributed by atoms with van der Waals surface area (Å²) >= 11 is 0. The number of ether oxygens (including phenoxy) is 1. The molecular weight excluding hydrogens is 396 g/mol. The van der Waals surface area contributed by atoms with E-state index in [4.69, 9.17) is 4.74 Å². The Morgan fingerprint density at radius 3 is 2.55 bits per heavy atom. The minimum atomic E-state index is -0.464. The largest absolute Gasteiger partial charge is 0.444 e. The van der Waals surface area contributed by atoms with E-state index < -0.39 is 5.60 Å². The first-order valence-electron chi connectivity index (χ1n) is 10.2. The van der Waals surface area contributed by atoms with Crippen molar-refractivity contribution in [3.8, 4) is 6.07 Å². The van der Waals surface area contributed by atoms with Gasteiger partial charge in [-0.1, -0.05) is 12.1 Å². The van der Waals surface area contributed by atoms with Crippen molar-refractivity contribution in [2.45, 2.75) is 32.8 Å². The maximum absolute atomic E-state index is 12.2. The monoisotopic (exact) mass is 424 g/mol. The number of hydrogen-bond donors (Lipinski definition) is 2. The summed E-state index contributed by atoms with van der Waals surface area (Å²) in [5.74, 6) is 0.249. The van der Waals surface area contributed by atoms with Gasteiger partial charge in [0.25, 0.3) is 0 Å². The van der Waals surface area contributed by atoms with Crippen LogP contribution in [0.2, 0.25) is 0 Å². The van der Waals surface area contributed by atoms with E-state index in [0.717, 1.165) is 31.7 Å². The van der Waals surface area contributed by atoms with E-state index in [1.165, 1.54) is 5.56 Å². The molecule has 3 rings (SSSR count). The average Bonchev–Trinajstić information content (AvgIpc) is 3.27. The SMILES string of the molecule is CC(C)(C)OC(=O)N1CCN(CCc2ccc(NC=C(C#N)c3nn[nH]n3)cc2)CC1. The summed E-state index contributed by atoms with van der Waals surface area (Å²) in [6.07, 6.45) is 2.25. The van der Waals surface area contributed by atoms with E-state index in [-0.39, 0.29) is 11.9 Å². The van der Waals surface area contributed by atoms with Crippen molar-refractivity contribution in [3.63, 3.8) is 0 Å². The molecule has 0 saturated carbocycles. The third-order valence-corrected chi connectivity index (χ3v) is 4.78. The molecule has 2 aromatic rings. The number of nitriles is 1. The predicted octanol–water partition coefficient (Wildman–Crippen LogP) is 2.27. The van der Waals surface area contributed by atoms with E-state index in [2.05, 4.69) is 43.0 Å². The molecule has 1 aliphatic heterocycles. The number of aromatic amines is 1. The second-order valence-electron chi connectivity index (χ2n) is 8.31. The molecule has 1 fully saturated rings. The fourth-order valence-electron chi connectivity index (χ4n) is 3.11. The number of rotatable bonds is 6. The number of allylic oxidation sites excluding steroid dienone is 1. The Kier molecular flexibility index (Phi) is 7.20. The first-order chi connectivity index (χ1) is 14.8. The molecule has 1 aromatic carbocycles. The maximum Gasteiger partial charge on any atom is 0.410 e. The summed E-state index contributed by atoms with van der Waals surface area (Å²) in [6, 6.07) is 10.1. The fraction of sp³-hybridized carbons (Fsp3) is 0.476. The highest BCUT2D eigenvalue weighted by Crippen LogP contribution is 2.14. The van der Waals surface area contributed by atoms with Crippen LogP contribution >= 0.6 is 0 Å². The van der Waals surface area contributed by atoms with Crippen LogP contribution in [0, 0.1) is 11.3 Å².